The van der Waals surface area contributed by atoms with Crippen LogP contribution in [0.2, 0.25) is 0 Å². The van der Waals surface area contributed by atoms with Crippen molar-refractivity contribution in [3.8, 4) is 5.69 Å². The number of rotatable bonds is 4. The molecule has 1 fully saturated rings. The van der Waals surface area contributed by atoms with Crippen LogP contribution in [0.5, 0.6) is 0 Å². The van der Waals surface area contributed by atoms with Gasteiger partial charge in [0.15, 0.2) is 0 Å². The van der Waals surface area contributed by atoms with Crippen LogP contribution in [0.4, 0.5) is 13.6 Å². The summed E-state index contributed by atoms with van der Waals surface area (Å²) in [5.41, 5.74) is 0.983. The highest BCUT2D eigenvalue weighted by atomic mass is 19.1. The zero-order valence-electron chi connectivity index (χ0n) is 15.8. The number of amides is 3. The molecule has 0 unspecified atom stereocenters. The van der Waals surface area contributed by atoms with E-state index in [0.29, 0.717) is 16.9 Å². The molecule has 152 valence electrons. The number of imide groups is 1. The third kappa shape index (κ3) is 3.52. The highest BCUT2D eigenvalue weighted by Gasteiger charge is 2.34. The van der Waals surface area contributed by atoms with E-state index in [9.17, 15) is 23.2 Å². The van der Waals surface area contributed by atoms with Crippen molar-refractivity contribution in [3.05, 3.63) is 93.0 Å². The normalized spacial score (nSPS) is 15.2. The lowest BCUT2D eigenvalue weighted by molar-refractivity contribution is -0.123. The van der Waals surface area contributed by atoms with Gasteiger partial charge in [0.1, 0.15) is 17.3 Å². The molecule has 3 aromatic rings. The summed E-state index contributed by atoms with van der Waals surface area (Å²) in [7, 11) is 0. The van der Waals surface area contributed by atoms with Crippen molar-refractivity contribution in [1.82, 2.24) is 20.0 Å². The zero-order valence-corrected chi connectivity index (χ0v) is 15.8. The number of carbonyl (C=O) groups is 2. The van der Waals surface area contributed by atoms with Crippen LogP contribution in [0, 0.1) is 18.6 Å². The van der Waals surface area contributed by atoms with Gasteiger partial charge in [0.2, 0.25) is 0 Å². The number of aromatic nitrogens is 2. The number of nitrogens with one attached hydrogen (secondary N) is 2. The number of urea groups is 1. The van der Waals surface area contributed by atoms with Crippen molar-refractivity contribution in [2.45, 2.75) is 13.5 Å². The fourth-order valence-electron chi connectivity index (χ4n) is 3.18. The Bertz CT molecular complexity index is 1240. The average molecular weight is 410 g/mol. The molecular weight excluding hydrogens is 394 g/mol. The summed E-state index contributed by atoms with van der Waals surface area (Å²) < 4.78 is 27.7. The maximum atomic E-state index is 13.4. The summed E-state index contributed by atoms with van der Waals surface area (Å²) in [5, 5.41) is 5.31. The molecule has 0 radical (unpaired) electrons. The smallest absolute Gasteiger partial charge is 0.303 e. The van der Waals surface area contributed by atoms with Gasteiger partial charge < -0.3 is 5.32 Å². The van der Waals surface area contributed by atoms with Crippen LogP contribution in [0.25, 0.3) is 11.8 Å². The van der Waals surface area contributed by atoms with Gasteiger partial charge in [-0.25, -0.2) is 18.3 Å². The minimum Gasteiger partial charge on any atom is -0.303 e. The molecule has 2 heterocycles. The molecule has 1 aromatic heterocycles. The van der Waals surface area contributed by atoms with Gasteiger partial charge in [0.25, 0.3) is 11.5 Å². The third-order valence-corrected chi connectivity index (χ3v) is 4.68. The Morgan fingerprint density at radius 3 is 2.43 bits per heavy atom. The van der Waals surface area contributed by atoms with E-state index in [1.54, 1.807) is 13.0 Å². The number of H-pyrrole nitrogens is 1. The molecule has 7 nitrogen and oxygen atoms in total. The number of hydrogen-bond acceptors (Lipinski definition) is 3. The van der Waals surface area contributed by atoms with Gasteiger partial charge in [-0.05, 0) is 55.0 Å². The number of benzene rings is 2. The van der Waals surface area contributed by atoms with Gasteiger partial charge in [-0.3, -0.25) is 19.6 Å². The summed E-state index contributed by atoms with van der Waals surface area (Å²) in [4.78, 5) is 38.6. The molecule has 9 heteroatoms. The first kappa shape index (κ1) is 19.3. The second-order valence-corrected chi connectivity index (χ2v) is 6.78. The lowest BCUT2D eigenvalue weighted by atomic mass is 10.2. The van der Waals surface area contributed by atoms with E-state index in [1.807, 2.05) is 0 Å². The second kappa shape index (κ2) is 7.43. The molecule has 1 aliphatic heterocycles. The number of carbonyl (C=O) groups excluding carboxylic acids is 2. The fraction of sp³-hybridized carbons (Fsp3) is 0.0952. The third-order valence-electron chi connectivity index (χ3n) is 4.68. The summed E-state index contributed by atoms with van der Waals surface area (Å²) in [5.74, 6) is -1.53. The van der Waals surface area contributed by atoms with Crippen LogP contribution >= 0.6 is 0 Å². The standard InChI is InChI=1S/C21H16F2N4O3/c1-12-17(19(28)27(25-12)16-7-5-14(22)6-8-16)10-18-20(29)26(21(30)24-18)11-13-3-2-4-15(23)9-13/h2-10,25H,11H2,1H3,(H,24,30). The van der Waals surface area contributed by atoms with Crippen molar-refractivity contribution in [3.63, 3.8) is 0 Å². The molecule has 0 saturated carbocycles. The predicted octanol–water partition coefficient (Wildman–Crippen LogP) is 2.85. The van der Waals surface area contributed by atoms with Crippen molar-refractivity contribution in [2.75, 3.05) is 0 Å². The average Bonchev–Trinajstić information content (AvgIpc) is 3.14. The number of nitrogens with zero attached hydrogens (tertiary/aromatic N) is 2. The first-order chi connectivity index (χ1) is 14.3. The first-order valence-corrected chi connectivity index (χ1v) is 9.00. The molecule has 30 heavy (non-hydrogen) atoms. The molecule has 0 spiro atoms. The number of aryl methyl sites for hydroxylation is 1. The van der Waals surface area contributed by atoms with Crippen LogP contribution in [-0.4, -0.2) is 26.6 Å². The monoisotopic (exact) mass is 410 g/mol. The Hall–Kier alpha value is -4.01. The van der Waals surface area contributed by atoms with Crippen LogP contribution in [0.1, 0.15) is 16.8 Å². The van der Waals surface area contributed by atoms with Crippen LogP contribution in [0.3, 0.4) is 0 Å². The van der Waals surface area contributed by atoms with Crippen molar-refractivity contribution < 1.29 is 18.4 Å². The molecule has 4 rings (SSSR count). The van der Waals surface area contributed by atoms with E-state index in [-0.39, 0.29) is 17.8 Å². The summed E-state index contributed by atoms with van der Waals surface area (Å²) in [6, 6.07) is 10.2. The molecule has 0 atom stereocenters. The van der Waals surface area contributed by atoms with Gasteiger partial charge in [0.05, 0.1) is 17.8 Å². The quantitative estimate of drug-likeness (QED) is 0.512. The number of aromatic amines is 1. The summed E-state index contributed by atoms with van der Waals surface area (Å²) in [6.07, 6.45) is 1.29. The maximum absolute atomic E-state index is 13.4. The molecule has 1 saturated heterocycles. The SMILES string of the molecule is Cc1[nH]n(-c2ccc(F)cc2)c(=O)c1C=C1NC(=O)N(Cc2cccc(F)c2)C1=O. The Kier molecular flexibility index (Phi) is 4.78. The number of halogens is 2. The topological polar surface area (TPSA) is 87.2 Å². The van der Waals surface area contributed by atoms with Crippen LogP contribution in [0.15, 0.2) is 59.0 Å². The fourth-order valence-corrected chi connectivity index (χ4v) is 3.18. The minimum absolute atomic E-state index is 0.0677. The molecular formula is C21H16F2N4O3. The maximum Gasteiger partial charge on any atom is 0.329 e. The van der Waals surface area contributed by atoms with Gasteiger partial charge >= 0.3 is 6.03 Å². The Balaban J connectivity index is 1.64. The van der Waals surface area contributed by atoms with E-state index >= 15 is 0 Å². The molecule has 0 aliphatic carbocycles. The van der Waals surface area contributed by atoms with Gasteiger partial charge in [-0.15, -0.1) is 0 Å². The lowest BCUT2D eigenvalue weighted by Gasteiger charge is -2.11. The minimum atomic E-state index is -0.664. The van der Waals surface area contributed by atoms with Crippen molar-refractivity contribution >= 4 is 18.0 Å². The Labute approximate surface area is 169 Å². The molecule has 2 aromatic carbocycles. The Morgan fingerprint density at radius 1 is 1.00 bits per heavy atom. The summed E-state index contributed by atoms with van der Waals surface area (Å²) >= 11 is 0. The number of hydrogen-bond donors (Lipinski definition) is 2. The van der Waals surface area contributed by atoms with Gasteiger partial charge in [-0.1, -0.05) is 12.1 Å². The lowest BCUT2D eigenvalue weighted by Crippen LogP contribution is -2.30. The van der Waals surface area contributed by atoms with E-state index < -0.39 is 29.1 Å². The highest BCUT2D eigenvalue weighted by Crippen LogP contribution is 2.18. The Morgan fingerprint density at radius 2 is 1.73 bits per heavy atom. The van der Waals surface area contributed by atoms with Crippen molar-refractivity contribution in [2.24, 2.45) is 0 Å². The van der Waals surface area contributed by atoms with E-state index in [4.69, 9.17) is 0 Å². The highest BCUT2D eigenvalue weighted by molar-refractivity contribution is 6.13. The molecule has 0 bridgehead atoms. The van der Waals surface area contributed by atoms with Gasteiger partial charge in [0, 0.05) is 5.69 Å². The largest absolute Gasteiger partial charge is 0.329 e. The molecule has 1 aliphatic rings. The summed E-state index contributed by atoms with van der Waals surface area (Å²) in [6.45, 7) is 1.53. The molecule has 2 N–H and O–H groups in total. The van der Waals surface area contributed by atoms with E-state index in [0.717, 1.165) is 4.90 Å². The van der Waals surface area contributed by atoms with E-state index in [1.165, 1.54) is 53.2 Å². The second-order valence-electron chi connectivity index (χ2n) is 6.78. The van der Waals surface area contributed by atoms with Crippen LogP contribution < -0.4 is 10.9 Å². The van der Waals surface area contributed by atoms with Crippen molar-refractivity contribution in [1.29, 1.82) is 0 Å². The zero-order chi connectivity index (χ0) is 21.4. The van der Waals surface area contributed by atoms with E-state index in [2.05, 4.69) is 10.4 Å². The van der Waals surface area contributed by atoms with Crippen LogP contribution in [-0.2, 0) is 11.3 Å². The van der Waals surface area contributed by atoms with Gasteiger partial charge in [-0.2, -0.15) is 0 Å². The first-order valence-electron chi connectivity index (χ1n) is 9.00. The predicted molar refractivity (Wildman–Crippen MR) is 105 cm³/mol. The molecule has 3 amide bonds.